The van der Waals surface area contributed by atoms with Crippen LogP contribution in [-0.2, 0) is 4.79 Å². The smallest absolute Gasteiger partial charge is 0.234 e. The van der Waals surface area contributed by atoms with Crippen LogP contribution in [0.3, 0.4) is 0 Å². The van der Waals surface area contributed by atoms with Crippen molar-refractivity contribution in [2.75, 3.05) is 47.0 Å². The van der Waals surface area contributed by atoms with Gasteiger partial charge in [-0.2, -0.15) is 0 Å². The van der Waals surface area contributed by atoms with E-state index in [1.165, 1.54) is 28.6 Å². The third-order valence-electron chi connectivity index (χ3n) is 5.56. The highest BCUT2D eigenvalue weighted by Gasteiger charge is 2.20. The van der Waals surface area contributed by atoms with Gasteiger partial charge in [0.05, 0.1) is 5.75 Å². The first-order valence-corrected chi connectivity index (χ1v) is 11.9. The maximum absolute atomic E-state index is 12.3. The number of benzene rings is 2. The first-order chi connectivity index (χ1) is 15.5. The molecule has 1 aromatic heterocycles. The third kappa shape index (κ3) is 5.59. The Morgan fingerprint density at radius 2 is 1.72 bits per heavy atom. The zero-order chi connectivity index (χ0) is 22.5. The Morgan fingerprint density at radius 1 is 0.969 bits per heavy atom. The standard InChI is InChI=1S/C25H29N5OS/c1-18-5-4-6-21(15-18)27-24(31)17-32-25-26-10-9-23(28-25)30-13-11-29(12-14-30)22-16-19(2)7-8-20(22)3/h4-10,15-16H,11-14,17H2,1-3H3,(H,27,31). The minimum absolute atomic E-state index is 0.0586. The van der Waals surface area contributed by atoms with Crippen LogP contribution in [0.4, 0.5) is 17.2 Å². The van der Waals surface area contributed by atoms with E-state index in [0.29, 0.717) is 5.16 Å². The van der Waals surface area contributed by atoms with E-state index in [9.17, 15) is 4.79 Å². The molecule has 2 heterocycles. The van der Waals surface area contributed by atoms with Crippen LogP contribution in [0.1, 0.15) is 16.7 Å². The lowest BCUT2D eigenvalue weighted by atomic mass is 10.1. The van der Waals surface area contributed by atoms with E-state index in [-0.39, 0.29) is 11.7 Å². The minimum Gasteiger partial charge on any atom is -0.368 e. The predicted octanol–water partition coefficient (Wildman–Crippen LogP) is 4.46. The molecule has 2 aromatic carbocycles. The van der Waals surface area contributed by atoms with Crippen molar-refractivity contribution in [1.82, 2.24) is 9.97 Å². The summed E-state index contributed by atoms with van der Waals surface area (Å²) >= 11 is 1.36. The predicted molar refractivity (Wildman–Crippen MR) is 133 cm³/mol. The van der Waals surface area contributed by atoms with E-state index in [1.54, 1.807) is 6.20 Å². The summed E-state index contributed by atoms with van der Waals surface area (Å²) in [5.74, 6) is 1.14. The van der Waals surface area contributed by atoms with Gasteiger partial charge >= 0.3 is 0 Å². The molecule has 1 N–H and O–H groups in total. The van der Waals surface area contributed by atoms with Gasteiger partial charge in [-0.3, -0.25) is 4.79 Å². The van der Waals surface area contributed by atoms with Gasteiger partial charge in [0.1, 0.15) is 5.82 Å². The molecule has 4 rings (SSSR count). The molecule has 7 heteroatoms. The second-order valence-corrected chi connectivity index (χ2v) is 9.11. The van der Waals surface area contributed by atoms with Gasteiger partial charge in [0, 0.05) is 43.8 Å². The second-order valence-electron chi connectivity index (χ2n) is 8.17. The number of piperazine rings is 1. The molecule has 0 bridgehead atoms. The molecular weight excluding hydrogens is 418 g/mol. The van der Waals surface area contributed by atoms with E-state index < -0.39 is 0 Å². The van der Waals surface area contributed by atoms with E-state index in [4.69, 9.17) is 4.98 Å². The fourth-order valence-electron chi connectivity index (χ4n) is 3.86. The zero-order valence-corrected chi connectivity index (χ0v) is 19.7. The van der Waals surface area contributed by atoms with Crippen LogP contribution in [0.5, 0.6) is 0 Å². The summed E-state index contributed by atoms with van der Waals surface area (Å²) < 4.78 is 0. The number of rotatable bonds is 6. The minimum atomic E-state index is -0.0586. The van der Waals surface area contributed by atoms with E-state index in [2.05, 4.69) is 52.1 Å². The first kappa shape index (κ1) is 22.1. The summed E-state index contributed by atoms with van der Waals surface area (Å²) in [4.78, 5) is 26.1. The molecule has 0 atom stereocenters. The molecule has 0 radical (unpaired) electrons. The summed E-state index contributed by atoms with van der Waals surface area (Å²) in [6.07, 6.45) is 1.78. The molecule has 1 amide bonds. The van der Waals surface area contributed by atoms with Crippen LogP contribution in [0, 0.1) is 20.8 Å². The molecule has 0 saturated carbocycles. The molecule has 0 spiro atoms. The molecule has 3 aromatic rings. The lowest BCUT2D eigenvalue weighted by Gasteiger charge is -2.37. The molecule has 0 aliphatic carbocycles. The van der Waals surface area contributed by atoms with Gasteiger partial charge in [-0.25, -0.2) is 9.97 Å². The zero-order valence-electron chi connectivity index (χ0n) is 18.8. The Morgan fingerprint density at radius 3 is 2.50 bits per heavy atom. The quantitative estimate of drug-likeness (QED) is 0.445. The van der Waals surface area contributed by atoms with Crippen molar-refractivity contribution in [2.24, 2.45) is 0 Å². The molecule has 6 nitrogen and oxygen atoms in total. The highest BCUT2D eigenvalue weighted by Crippen LogP contribution is 2.25. The fraction of sp³-hybridized carbons (Fsp3) is 0.320. The number of thioether (sulfide) groups is 1. The summed E-state index contributed by atoms with van der Waals surface area (Å²) in [7, 11) is 0. The molecule has 1 saturated heterocycles. The number of aryl methyl sites for hydroxylation is 3. The number of anilines is 3. The molecule has 32 heavy (non-hydrogen) atoms. The van der Waals surface area contributed by atoms with Crippen molar-refractivity contribution in [3.63, 3.8) is 0 Å². The third-order valence-corrected chi connectivity index (χ3v) is 6.42. The summed E-state index contributed by atoms with van der Waals surface area (Å²) in [5.41, 5.74) is 5.85. The van der Waals surface area contributed by atoms with Gasteiger partial charge in [0.2, 0.25) is 5.91 Å². The number of carbonyl (C=O) groups excluding carboxylic acids is 1. The molecular formula is C25H29N5OS. The van der Waals surface area contributed by atoms with E-state index >= 15 is 0 Å². The Kier molecular flexibility index (Phi) is 6.95. The Balaban J connectivity index is 1.32. The van der Waals surface area contributed by atoms with Crippen molar-refractivity contribution in [2.45, 2.75) is 25.9 Å². The molecule has 0 unspecified atom stereocenters. The van der Waals surface area contributed by atoms with Gasteiger partial charge in [0.25, 0.3) is 0 Å². The lowest BCUT2D eigenvalue weighted by Crippen LogP contribution is -2.47. The monoisotopic (exact) mass is 447 g/mol. The number of amides is 1. The van der Waals surface area contributed by atoms with Crippen LogP contribution in [-0.4, -0.2) is 47.8 Å². The molecule has 1 fully saturated rings. The number of nitrogens with zero attached hydrogens (tertiary/aromatic N) is 4. The van der Waals surface area contributed by atoms with Gasteiger partial charge in [-0.1, -0.05) is 36.0 Å². The van der Waals surface area contributed by atoms with Gasteiger partial charge in [0.15, 0.2) is 5.16 Å². The van der Waals surface area contributed by atoms with Crippen LogP contribution in [0.25, 0.3) is 0 Å². The summed E-state index contributed by atoms with van der Waals surface area (Å²) in [5, 5.41) is 3.55. The number of hydrogen-bond donors (Lipinski definition) is 1. The first-order valence-electron chi connectivity index (χ1n) is 10.9. The van der Waals surface area contributed by atoms with Crippen molar-refractivity contribution in [3.8, 4) is 0 Å². The van der Waals surface area contributed by atoms with Crippen LogP contribution < -0.4 is 15.1 Å². The molecule has 1 aliphatic heterocycles. The van der Waals surface area contributed by atoms with Crippen molar-refractivity contribution in [1.29, 1.82) is 0 Å². The van der Waals surface area contributed by atoms with Crippen molar-refractivity contribution < 1.29 is 4.79 Å². The van der Waals surface area contributed by atoms with Crippen LogP contribution in [0.15, 0.2) is 59.9 Å². The SMILES string of the molecule is Cc1cccc(NC(=O)CSc2nccc(N3CCN(c4cc(C)ccc4C)CC3)n2)c1. The largest absolute Gasteiger partial charge is 0.368 e. The van der Waals surface area contributed by atoms with Crippen molar-refractivity contribution in [3.05, 3.63) is 71.4 Å². The average molecular weight is 448 g/mol. The summed E-state index contributed by atoms with van der Waals surface area (Å²) in [6.45, 7) is 10.0. The van der Waals surface area contributed by atoms with Crippen molar-refractivity contribution >= 4 is 34.9 Å². The normalized spacial score (nSPS) is 13.8. The van der Waals surface area contributed by atoms with Gasteiger partial charge in [-0.15, -0.1) is 0 Å². The van der Waals surface area contributed by atoms with Gasteiger partial charge < -0.3 is 15.1 Å². The Hall–Kier alpha value is -3.06. The number of nitrogens with one attached hydrogen (secondary N) is 1. The lowest BCUT2D eigenvalue weighted by molar-refractivity contribution is -0.113. The molecule has 1 aliphatic rings. The van der Waals surface area contributed by atoms with Crippen LogP contribution in [0.2, 0.25) is 0 Å². The van der Waals surface area contributed by atoms with E-state index in [0.717, 1.165) is 43.2 Å². The fourth-order valence-corrected chi connectivity index (χ4v) is 4.49. The topological polar surface area (TPSA) is 61.4 Å². The number of aromatic nitrogens is 2. The van der Waals surface area contributed by atoms with Crippen LogP contribution >= 0.6 is 11.8 Å². The summed E-state index contributed by atoms with van der Waals surface area (Å²) in [6, 6.07) is 16.4. The van der Waals surface area contributed by atoms with E-state index in [1.807, 2.05) is 37.3 Å². The highest BCUT2D eigenvalue weighted by molar-refractivity contribution is 7.99. The Bertz CT molecular complexity index is 1100. The Labute approximate surface area is 194 Å². The number of hydrogen-bond acceptors (Lipinski definition) is 6. The number of carbonyl (C=O) groups is 1. The second kappa shape index (κ2) is 10.0. The molecule has 166 valence electrons. The maximum Gasteiger partial charge on any atom is 0.234 e. The average Bonchev–Trinajstić information content (AvgIpc) is 2.80. The van der Waals surface area contributed by atoms with Gasteiger partial charge in [-0.05, 0) is 61.7 Å². The highest BCUT2D eigenvalue weighted by atomic mass is 32.2. The maximum atomic E-state index is 12.3.